The van der Waals surface area contributed by atoms with Crippen molar-refractivity contribution in [1.29, 1.82) is 0 Å². The number of hydrogen-bond donors (Lipinski definition) is 1. The van der Waals surface area contributed by atoms with Gasteiger partial charge in [0.15, 0.2) is 0 Å². The molecule has 0 aromatic heterocycles. The first-order valence-electron chi connectivity index (χ1n) is 6.45. The fourth-order valence-electron chi connectivity index (χ4n) is 1.94. The second kappa shape index (κ2) is 9.68. The molecule has 1 aromatic rings. The van der Waals surface area contributed by atoms with E-state index in [1.807, 2.05) is 0 Å². The molecule has 1 N–H and O–H groups in total. The molecule has 0 unspecified atom stereocenters. The van der Waals surface area contributed by atoms with Crippen LogP contribution >= 0.6 is 45.8 Å². The summed E-state index contributed by atoms with van der Waals surface area (Å²) in [4.78, 5) is 12.7. The lowest BCUT2D eigenvalue weighted by Crippen LogP contribution is -2.27. The Morgan fingerprint density at radius 1 is 1.25 bits per heavy atom. The highest BCUT2D eigenvalue weighted by atomic mass is 131. The number of aryl methyl sites for hydroxylation is 1. The molecule has 0 amide bonds. The van der Waals surface area contributed by atoms with Crippen molar-refractivity contribution in [3.63, 3.8) is 0 Å². The number of carboxylic acid groups (broad SMARTS) is 1. The van der Waals surface area contributed by atoms with Gasteiger partial charge >= 0.3 is 5.97 Å². The first-order chi connectivity index (χ1) is 9.58. The molecule has 0 spiro atoms. The summed E-state index contributed by atoms with van der Waals surface area (Å²) in [6.45, 7) is 1.53. The van der Waals surface area contributed by atoms with Crippen molar-refractivity contribution < 1.29 is 9.90 Å². The van der Waals surface area contributed by atoms with Crippen LogP contribution in [0.2, 0.25) is 0 Å². The van der Waals surface area contributed by atoms with Gasteiger partial charge in [0.05, 0.1) is 0 Å². The third kappa shape index (κ3) is 6.06. The normalized spacial score (nSPS) is 10.6. The number of rotatable bonds is 9. The van der Waals surface area contributed by atoms with Gasteiger partial charge in [0.2, 0.25) is 0 Å². The van der Waals surface area contributed by atoms with E-state index in [-0.39, 0.29) is 6.42 Å². The van der Waals surface area contributed by atoms with Crippen molar-refractivity contribution in [1.82, 2.24) is 0 Å². The van der Waals surface area contributed by atoms with Crippen LogP contribution in [0.5, 0.6) is 0 Å². The van der Waals surface area contributed by atoms with Gasteiger partial charge in [-0.3, -0.25) is 4.79 Å². The average molecular weight is 434 g/mol. The first kappa shape index (κ1) is 17.9. The molecule has 0 aliphatic heterocycles. The topological polar surface area (TPSA) is 40.5 Å². The van der Waals surface area contributed by atoms with Crippen LogP contribution in [0.15, 0.2) is 18.2 Å². The van der Waals surface area contributed by atoms with Crippen LogP contribution in [-0.2, 0) is 11.2 Å². The van der Waals surface area contributed by atoms with Gasteiger partial charge in [0.1, 0.15) is 0 Å². The summed E-state index contributed by atoms with van der Waals surface area (Å²) in [5.41, 5.74) is 2.30. The Bertz CT molecular complexity index is 437. The van der Waals surface area contributed by atoms with Crippen molar-refractivity contribution in [2.45, 2.75) is 19.3 Å². The number of carbonyl (C=O) groups is 1. The second-order valence-electron chi connectivity index (χ2n) is 4.39. The van der Waals surface area contributed by atoms with E-state index in [9.17, 15) is 4.79 Å². The molecule has 6 heteroatoms. The maximum Gasteiger partial charge on any atom is 0.303 e. The smallest absolute Gasteiger partial charge is 0.303 e. The van der Waals surface area contributed by atoms with Crippen molar-refractivity contribution >= 4 is 57.4 Å². The Morgan fingerprint density at radius 2 is 1.90 bits per heavy atom. The number of aliphatic carboxylic acids is 1. The molecule has 0 atom stereocenters. The molecular formula is C14H18Cl2INO2. The van der Waals surface area contributed by atoms with Gasteiger partial charge in [-0.25, -0.2) is 0 Å². The van der Waals surface area contributed by atoms with Crippen LogP contribution < -0.4 is 4.90 Å². The zero-order valence-corrected chi connectivity index (χ0v) is 14.8. The summed E-state index contributed by atoms with van der Waals surface area (Å²) >= 11 is 13.9. The molecule has 3 nitrogen and oxygen atoms in total. The highest BCUT2D eigenvalue weighted by Gasteiger charge is 2.08. The molecule has 0 aliphatic rings. The van der Waals surface area contributed by atoms with Crippen molar-refractivity contribution in [2.75, 3.05) is 29.7 Å². The fourth-order valence-corrected chi connectivity index (χ4v) is 3.12. The lowest BCUT2D eigenvalue weighted by Gasteiger charge is -2.23. The molecule has 112 valence electrons. The van der Waals surface area contributed by atoms with E-state index in [2.05, 4.69) is 45.7 Å². The lowest BCUT2D eigenvalue weighted by molar-refractivity contribution is -0.137. The first-order valence-corrected chi connectivity index (χ1v) is 8.60. The number of hydrogen-bond acceptors (Lipinski definition) is 2. The number of benzene rings is 1. The summed E-state index contributed by atoms with van der Waals surface area (Å²) in [7, 11) is 0. The van der Waals surface area contributed by atoms with E-state index in [4.69, 9.17) is 28.3 Å². The van der Waals surface area contributed by atoms with E-state index in [0.29, 0.717) is 18.2 Å². The maximum absolute atomic E-state index is 10.5. The second-order valence-corrected chi connectivity index (χ2v) is 6.31. The Balaban J connectivity index is 2.72. The predicted octanol–water partition coefficient (Wildman–Crippen LogP) is 3.98. The standard InChI is InChI=1S/C14H18Cl2INO2/c15-6-8-18(9-7-16)12-5-4-11(13(17)10-12)2-1-3-14(19)20/h4-5,10H,1-3,6-9H2,(H,19,20)/i17+4. The van der Waals surface area contributed by atoms with E-state index in [0.717, 1.165) is 28.8 Å². The van der Waals surface area contributed by atoms with Crippen molar-refractivity contribution in [2.24, 2.45) is 0 Å². The van der Waals surface area contributed by atoms with E-state index >= 15 is 0 Å². The molecule has 1 aromatic carbocycles. The predicted molar refractivity (Wildman–Crippen MR) is 93.4 cm³/mol. The van der Waals surface area contributed by atoms with Gasteiger partial charge in [0.25, 0.3) is 0 Å². The van der Waals surface area contributed by atoms with Crippen molar-refractivity contribution in [3.8, 4) is 0 Å². The van der Waals surface area contributed by atoms with Gasteiger partial charge in [0, 0.05) is 40.5 Å². The van der Waals surface area contributed by atoms with E-state index < -0.39 is 5.97 Å². The Labute approximate surface area is 143 Å². The van der Waals surface area contributed by atoms with Gasteiger partial charge in [-0.15, -0.1) is 23.2 Å². The molecule has 0 aliphatic carbocycles. The molecular weight excluding hydrogens is 416 g/mol. The number of carboxylic acids is 1. The van der Waals surface area contributed by atoms with Crippen LogP contribution in [-0.4, -0.2) is 35.9 Å². The molecule has 0 saturated carbocycles. The summed E-state index contributed by atoms with van der Waals surface area (Å²) < 4.78 is 1.15. The summed E-state index contributed by atoms with van der Waals surface area (Å²) in [5, 5.41) is 8.66. The lowest BCUT2D eigenvalue weighted by atomic mass is 10.1. The van der Waals surface area contributed by atoms with Gasteiger partial charge in [-0.2, -0.15) is 0 Å². The molecule has 0 bridgehead atoms. The maximum atomic E-state index is 10.5. The van der Waals surface area contributed by atoms with Crippen LogP contribution in [0, 0.1) is 3.57 Å². The minimum atomic E-state index is -0.743. The van der Waals surface area contributed by atoms with E-state index in [1.54, 1.807) is 0 Å². The van der Waals surface area contributed by atoms with E-state index in [1.165, 1.54) is 5.56 Å². The zero-order valence-electron chi connectivity index (χ0n) is 11.1. The number of anilines is 1. The Morgan fingerprint density at radius 3 is 2.40 bits per heavy atom. The van der Waals surface area contributed by atoms with Gasteiger partial charge in [-0.05, 0) is 53.1 Å². The van der Waals surface area contributed by atoms with Gasteiger partial charge in [-0.1, -0.05) is 6.07 Å². The Kier molecular flexibility index (Phi) is 8.64. The minimum absolute atomic E-state index is 0.211. The molecule has 20 heavy (non-hydrogen) atoms. The summed E-state index contributed by atoms with van der Waals surface area (Å²) in [6.07, 6.45) is 1.66. The van der Waals surface area contributed by atoms with Crippen LogP contribution in [0.4, 0.5) is 5.69 Å². The number of halogens is 3. The fraction of sp³-hybridized carbons (Fsp3) is 0.500. The average Bonchev–Trinajstić information content (AvgIpc) is 2.40. The quantitative estimate of drug-likeness (QED) is 0.473. The number of nitrogens with zero attached hydrogens (tertiary/aromatic N) is 1. The third-order valence-corrected chi connectivity index (χ3v) is 4.29. The molecule has 1 rings (SSSR count). The minimum Gasteiger partial charge on any atom is -0.481 e. The monoisotopic (exact) mass is 433 g/mol. The van der Waals surface area contributed by atoms with Crippen molar-refractivity contribution in [3.05, 3.63) is 27.3 Å². The largest absolute Gasteiger partial charge is 0.481 e. The number of alkyl halides is 2. The molecule has 0 saturated heterocycles. The zero-order chi connectivity index (χ0) is 15.0. The molecule has 0 heterocycles. The summed E-state index contributed by atoms with van der Waals surface area (Å²) in [6, 6.07) is 6.22. The summed E-state index contributed by atoms with van der Waals surface area (Å²) in [5.74, 6) is 0.383. The van der Waals surface area contributed by atoms with Crippen LogP contribution in [0.3, 0.4) is 0 Å². The van der Waals surface area contributed by atoms with Gasteiger partial charge < -0.3 is 10.0 Å². The SMILES string of the molecule is O=C(O)CCCc1ccc(N(CCCl)CCCl)cc1[131I]. The van der Waals surface area contributed by atoms with Crippen LogP contribution in [0.25, 0.3) is 0 Å². The highest BCUT2D eigenvalue weighted by molar-refractivity contribution is 14.1. The Hall–Kier alpha value is -0.200. The third-order valence-electron chi connectivity index (χ3n) is 2.95. The highest BCUT2D eigenvalue weighted by Crippen LogP contribution is 2.23. The molecule has 0 radical (unpaired) electrons. The van der Waals surface area contributed by atoms with Crippen LogP contribution in [0.1, 0.15) is 18.4 Å². The molecule has 0 fully saturated rings.